The summed E-state index contributed by atoms with van der Waals surface area (Å²) in [6.45, 7) is 0. The first-order valence-electron chi connectivity index (χ1n) is 7.54. The molecule has 1 heterocycles. The van der Waals surface area contributed by atoms with E-state index in [2.05, 4.69) is 10.3 Å². The number of carbonyl (C=O) groups excluding carboxylic acids is 1. The molecule has 0 atom stereocenters. The first-order valence-corrected chi connectivity index (χ1v) is 8.74. The molecule has 0 radical (unpaired) electrons. The Morgan fingerprint density at radius 1 is 1.18 bits per heavy atom. The van der Waals surface area contributed by atoms with Crippen molar-refractivity contribution < 1.29 is 22.9 Å². The zero-order chi connectivity index (χ0) is 20.5. The van der Waals surface area contributed by atoms with E-state index in [1.807, 2.05) is 0 Å². The minimum absolute atomic E-state index is 0.0175. The maximum Gasteiger partial charge on any atom is 0.417 e. The topological polar surface area (TPSA) is 84.6 Å². The molecule has 144 valence electrons. The summed E-state index contributed by atoms with van der Waals surface area (Å²) in [7, 11) is 0. The third-order valence-electron chi connectivity index (χ3n) is 3.54. The summed E-state index contributed by atoms with van der Waals surface area (Å²) >= 11 is 6.51. The summed E-state index contributed by atoms with van der Waals surface area (Å²) in [6, 6.07) is 8.72. The highest BCUT2D eigenvalue weighted by Gasteiger charge is 2.33. The Balaban J connectivity index is 1.83. The average Bonchev–Trinajstić information content (AvgIpc) is 2.95. The van der Waals surface area contributed by atoms with Crippen molar-refractivity contribution in [2.24, 2.45) is 4.99 Å². The molecule has 0 aliphatic carbocycles. The minimum Gasteiger partial charge on any atom is -0.300 e. The molecule has 0 saturated carbocycles. The van der Waals surface area contributed by atoms with Crippen LogP contribution in [0.2, 0.25) is 5.02 Å². The Labute approximate surface area is 165 Å². The SMILES string of the molecule is O=C1NC(=Nc2ccc(Cl)c(C(F)(F)F)c2)S/C1=C\c1ccc([N+](=O)[O-])cc1. The van der Waals surface area contributed by atoms with E-state index < -0.39 is 27.6 Å². The van der Waals surface area contributed by atoms with Crippen LogP contribution in [0.5, 0.6) is 0 Å². The quantitative estimate of drug-likeness (QED) is 0.416. The summed E-state index contributed by atoms with van der Waals surface area (Å²) in [5.74, 6) is -0.480. The number of amidine groups is 1. The van der Waals surface area contributed by atoms with Crippen LogP contribution in [0.4, 0.5) is 24.5 Å². The standard InChI is InChI=1S/C17H9ClF3N3O3S/c18-13-6-3-10(8-12(13)17(19,20)21)22-16-23-15(25)14(28-16)7-9-1-4-11(5-2-9)24(26)27/h1-8H,(H,22,23,25)/b14-7-. The van der Waals surface area contributed by atoms with E-state index >= 15 is 0 Å². The molecule has 0 spiro atoms. The van der Waals surface area contributed by atoms with Crippen LogP contribution in [0, 0.1) is 10.1 Å². The number of halogens is 4. The zero-order valence-corrected chi connectivity index (χ0v) is 15.2. The Morgan fingerprint density at radius 2 is 1.86 bits per heavy atom. The van der Waals surface area contributed by atoms with Gasteiger partial charge in [0, 0.05) is 12.1 Å². The van der Waals surface area contributed by atoms with Gasteiger partial charge in [-0.1, -0.05) is 11.6 Å². The molecule has 11 heteroatoms. The predicted molar refractivity (Wildman–Crippen MR) is 100 cm³/mol. The molecule has 2 aromatic carbocycles. The molecule has 3 rings (SSSR count). The number of carbonyl (C=O) groups is 1. The molecular formula is C17H9ClF3N3O3S. The van der Waals surface area contributed by atoms with Crippen LogP contribution in [0.1, 0.15) is 11.1 Å². The first kappa shape index (κ1) is 19.9. The monoisotopic (exact) mass is 427 g/mol. The van der Waals surface area contributed by atoms with Crippen LogP contribution >= 0.6 is 23.4 Å². The summed E-state index contributed by atoms with van der Waals surface area (Å²) in [5, 5.41) is 12.8. The number of rotatable bonds is 3. The van der Waals surface area contributed by atoms with E-state index in [1.165, 1.54) is 36.4 Å². The summed E-state index contributed by atoms with van der Waals surface area (Å²) in [4.78, 5) is 26.4. The van der Waals surface area contributed by atoms with Crippen molar-refractivity contribution in [3.63, 3.8) is 0 Å². The average molecular weight is 428 g/mol. The van der Waals surface area contributed by atoms with Crippen molar-refractivity contribution in [2.75, 3.05) is 0 Å². The van der Waals surface area contributed by atoms with Crippen LogP contribution in [0.25, 0.3) is 6.08 Å². The molecule has 1 saturated heterocycles. The molecule has 1 aliphatic heterocycles. The second-order valence-corrected chi connectivity index (χ2v) is 6.93. The molecule has 0 aromatic heterocycles. The maximum atomic E-state index is 12.9. The number of aliphatic imine (C=N–C) groups is 1. The summed E-state index contributed by atoms with van der Waals surface area (Å²) in [5.41, 5.74) is -0.574. The molecule has 28 heavy (non-hydrogen) atoms. The van der Waals surface area contributed by atoms with Gasteiger partial charge in [-0.05, 0) is 53.7 Å². The van der Waals surface area contributed by atoms with Crippen molar-refractivity contribution in [1.82, 2.24) is 5.32 Å². The predicted octanol–water partition coefficient (Wildman–Crippen LogP) is 5.16. The number of nitrogens with one attached hydrogen (secondary N) is 1. The van der Waals surface area contributed by atoms with Gasteiger partial charge in [0.25, 0.3) is 11.6 Å². The number of nitrogens with zero attached hydrogens (tertiary/aromatic N) is 2. The molecule has 1 amide bonds. The number of alkyl halides is 3. The van der Waals surface area contributed by atoms with E-state index in [-0.39, 0.29) is 21.4 Å². The number of hydrogen-bond donors (Lipinski definition) is 1. The van der Waals surface area contributed by atoms with Crippen molar-refractivity contribution in [3.8, 4) is 0 Å². The van der Waals surface area contributed by atoms with Gasteiger partial charge >= 0.3 is 6.18 Å². The Hall–Kier alpha value is -2.85. The lowest BCUT2D eigenvalue weighted by atomic mass is 10.2. The molecular weight excluding hydrogens is 419 g/mol. The third kappa shape index (κ3) is 4.52. The highest BCUT2D eigenvalue weighted by atomic mass is 35.5. The Kier molecular flexibility index (Phi) is 5.43. The fourth-order valence-corrected chi connectivity index (χ4v) is 3.31. The lowest BCUT2D eigenvalue weighted by Crippen LogP contribution is -2.19. The Morgan fingerprint density at radius 3 is 2.46 bits per heavy atom. The van der Waals surface area contributed by atoms with Crippen LogP contribution in [-0.4, -0.2) is 16.0 Å². The van der Waals surface area contributed by atoms with Gasteiger partial charge in [0.1, 0.15) is 0 Å². The van der Waals surface area contributed by atoms with Crippen LogP contribution < -0.4 is 5.32 Å². The third-order valence-corrected chi connectivity index (χ3v) is 4.78. The van der Waals surface area contributed by atoms with Crippen LogP contribution in [0.15, 0.2) is 52.4 Å². The largest absolute Gasteiger partial charge is 0.417 e. The molecule has 1 N–H and O–H groups in total. The van der Waals surface area contributed by atoms with E-state index in [9.17, 15) is 28.1 Å². The van der Waals surface area contributed by atoms with Gasteiger partial charge in [-0.3, -0.25) is 14.9 Å². The number of hydrogen-bond acceptors (Lipinski definition) is 5. The summed E-state index contributed by atoms with van der Waals surface area (Å²) in [6.07, 6.45) is -3.13. The van der Waals surface area contributed by atoms with Gasteiger partial charge in [-0.2, -0.15) is 13.2 Å². The van der Waals surface area contributed by atoms with Crippen LogP contribution in [-0.2, 0) is 11.0 Å². The van der Waals surface area contributed by atoms with Crippen LogP contribution in [0.3, 0.4) is 0 Å². The van der Waals surface area contributed by atoms with Crippen molar-refractivity contribution in [2.45, 2.75) is 6.18 Å². The zero-order valence-electron chi connectivity index (χ0n) is 13.7. The van der Waals surface area contributed by atoms with E-state index in [4.69, 9.17) is 11.6 Å². The van der Waals surface area contributed by atoms with Gasteiger partial charge in [-0.25, -0.2) is 4.99 Å². The first-order chi connectivity index (χ1) is 13.1. The molecule has 2 aromatic rings. The fraction of sp³-hybridized carbons (Fsp3) is 0.0588. The van der Waals surface area contributed by atoms with E-state index in [1.54, 1.807) is 0 Å². The number of benzene rings is 2. The van der Waals surface area contributed by atoms with Crippen molar-refractivity contribution >= 4 is 51.9 Å². The fourth-order valence-electron chi connectivity index (χ4n) is 2.24. The minimum atomic E-state index is -4.62. The second-order valence-electron chi connectivity index (χ2n) is 5.49. The summed E-state index contributed by atoms with van der Waals surface area (Å²) < 4.78 is 38.8. The van der Waals surface area contributed by atoms with Gasteiger partial charge in [0.15, 0.2) is 5.17 Å². The lowest BCUT2D eigenvalue weighted by molar-refractivity contribution is -0.384. The Bertz CT molecular complexity index is 1020. The van der Waals surface area contributed by atoms with Gasteiger partial charge in [-0.15, -0.1) is 0 Å². The number of non-ortho nitro benzene ring substituents is 1. The molecule has 1 fully saturated rings. The van der Waals surface area contributed by atoms with Crippen molar-refractivity contribution in [3.05, 3.63) is 73.6 Å². The smallest absolute Gasteiger partial charge is 0.300 e. The number of nitro groups is 1. The van der Waals surface area contributed by atoms with E-state index in [0.717, 1.165) is 23.9 Å². The number of amides is 1. The van der Waals surface area contributed by atoms with Crippen molar-refractivity contribution in [1.29, 1.82) is 0 Å². The molecule has 6 nitrogen and oxygen atoms in total. The highest BCUT2D eigenvalue weighted by Crippen LogP contribution is 2.37. The normalized spacial score (nSPS) is 17.2. The molecule has 0 unspecified atom stereocenters. The van der Waals surface area contributed by atoms with Gasteiger partial charge < -0.3 is 5.32 Å². The van der Waals surface area contributed by atoms with Gasteiger partial charge in [0.2, 0.25) is 0 Å². The van der Waals surface area contributed by atoms with E-state index in [0.29, 0.717) is 5.56 Å². The van der Waals surface area contributed by atoms with Gasteiger partial charge in [0.05, 0.1) is 26.1 Å². The number of thioether (sulfide) groups is 1. The second kappa shape index (κ2) is 7.64. The number of nitro benzene ring substituents is 1. The molecule has 1 aliphatic rings. The lowest BCUT2D eigenvalue weighted by Gasteiger charge is -2.09. The molecule has 0 bridgehead atoms. The maximum absolute atomic E-state index is 12.9. The highest BCUT2D eigenvalue weighted by molar-refractivity contribution is 8.18.